The Morgan fingerprint density at radius 2 is 2.00 bits per heavy atom. The van der Waals surface area contributed by atoms with Crippen LogP contribution in [0.1, 0.15) is 23.3 Å². The van der Waals surface area contributed by atoms with Gasteiger partial charge in [-0.3, -0.25) is 9.78 Å². The summed E-state index contributed by atoms with van der Waals surface area (Å²) in [6.07, 6.45) is 7.88. The molecule has 1 saturated heterocycles. The maximum atomic E-state index is 13.1. The van der Waals surface area contributed by atoms with Crippen LogP contribution in [0.3, 0.4) is 0 Å². The number of anilines is 1. The number of nitrogens with zero attached hydrogens (tertiary/aromatic N) is 5. The number of rotatable bonds is 3. The molecule has 3 aromatic heterocycles. The maximum Gasteiger partial charge on any atom is 0.272 e. The Labute approximate surface area is 168 Å². The van der Waals surface area contributed by atoms with Gasteiger partial charge in [-0.15, -0.1) is 0 Å². The van der Waals surface area contributed by atoms with Crippen molar-refractivity contribution < 1.29 is 9.90 Å². The summed E-state index contributed by atoms with van der Waals surface area (Å²) in [5.74, 6) is 1.30. The van der Waals surface area contributed by atoms with Crippen molar-refractivity contribution in [3.05, 3.63) is 48.7 Å². The first-order valence-corrected chi connectivity index (χ1v) is 10.0. The van der Waals surface area contributed by atoms with Crippen molar-refractivity contribution >= 4 is 22.8 Å². The first kappa shape index (κ1) is 18.1. The molecule has 8 heteroatoms. The third-order valence-corrected chi connectivity index (χ3v) is 6.26. The highest BCUT2D eigenvalue weighted by Crippen LogP contribution is 2.37. The number of hydrogen-bond acceptors (Lipinski definition) is 6. The number of fused-ring (bicyclic) bond motifs is 2. The van der Waals surface area contributed by atoms with E-state index in [-0.39, 0.29) is 11.9 Å². The van der Waals surface area contributed by atoms with E-state index >= 15 is 0 Å². The van der Waals surface area contributed by atoms with Gasteiger partial charge in [0, 0.05) is 44.1 Å². The Bertz CT molecular complexity index is 1040. The summed E-state index contributed by atoms with van der Waals surface area (Å²) in [5, 5.41) is 14.9. The molecule has 4 atom stereocenters. The second-order valence-electron chi connectivity index (χ2n) is 8.15. The van der Waals surface area contributed by atoms with Crippen molar-refractivity contribution in [2.45, 2.75) is 25.0 Å². The lowest BCUT2D eigenvalue weighted by Gasteiger charge is -2.35. The van der Waals surface area contributed by atoms with Crippen LogP contribution in [0.5, 0.6) is 0 Å². The van der Waals surface area contributed by atoms with Gasteiger partial charge >= 0.3 is 0 Å². The fourth-order valence-electron chi connectivity index (χ4n) is 4.73. The lowest BCUT2D eigenvalue weighted by atomic mass is 9.77. The van der Waals surface area contributed by atoms with Gasteiger partial charge in [-0.2, -0.15) is 0 Å². The smallest absolute Gasteiger partial charge is 0.272 e. The van der Waals surface area contributed by atoms with Crippen LogP contribution < -0.4 is 5.32 Å². The van der Waals surface area contributed by atoms with Crippen molar-refractivity contribution in [1.82, 2.24) is 24.4 Å². The zero-order valence-corrected chi connectivity index (χ0v) is 16.3. The molecule has 8 nitrogen and oxygen atoms in total. The van der Waals surface area contributed by atoms with Crippen LogP contribution in [0.15, 0.2) is 43.0 Å². The summed E-state index contributed by atoms with van der Waals surface area (Å²) in [7, 11) is 1.93. The number of aryl methyl sites for hydroxylation is 1. The monoisotopic (exact) mass is 392 g/mol. The molecule has 0 bridgehead atoms. The molecule has 2 aliphatic rings. The Balaban J connectivity index is 1.29. The molecule has 3 aromatic rings. The van der Waals surface area contributed by atoms with Crippen LogP contribution in [-0.2, 0) is 7.05 Å². The Morgan fingerprint density at radius 1 is 1.17 bits per heavy atom. The minimum atomic E-state index is -0.467. The summed E-state index contributed by atoms with van der Waals surface area (Å²) < 4.78 is 1.93. The van der Waals surface area contributed by atoms with Crippen molar-refractivity contribution in [2.75, 3.05) is 18.4 Å². The molecular weight excluding hydrogens is 368 g/mol. The first-order valence-electron chi connectivity index (χ1n) is 10.0. The number of amides is 1. The lowest BCUT2D eigenvalue weighted by Crippen LogP contribution is -2.43. The molecule has 29 heavy (non-hydrogen) atoms. The van der Waals surface area contributed by atoms with E-state index in [0.717, 1.165) is 17.5 Å². The third-order valence-electron chi connectivity index (χ3n) is 6.26. The Kier molecular flexibility index (Phi) is 4.43. The fourth-order valence-corrected chi connectivity index (χ4v) is 4.73. The molecule has 2 N–H and O–H groups in total. The van der Waals surface area contributed by atoms with Gasteiger partial charge in [0.2, 0.25) is 0 Å². The summed E-state index contributed by atoms with van der Waals surface area (Å²) in [4.78, 5) is 27.9. The van der Waals surface area contributed by atoms with Crippen molar-refractivity contribution in [3.63, 3.8) is 0 Å². The van der Waals surface area contributed by atoms with Crippen LogP contribution in [0.25, 0.3) is 11.0 Å². The SMILES string of the molecule is Cn1ccc2ccc(C(=O)N3C[C@H]4C[C@@H](Nc5cnccn5)[C@H](O)C[C@H]4C3)nc21. The Morgan fingerprint density at radius 3 is 2.79 bits per heavy atom. The van der Waals surface area contributed by atoms with Gasteiger partial charge in [-0.25, -0.2) is 9.97 Å². The molecule has 0 unspecified atom stereocenters. The van der Waals surface area contributed by atoms with Crippen molar-refractivity contribution in [2.24, 2.45) is 18.9 Å². The number of likely N-dealkylation sites (tertiary alicyclic amines) is 1. The molecule has 150 valence electrons. The van der Waals surface area contributed by atoms with Crippen LogP contribution in [0.2, 0.25) is 0 Å². The average Bonchev–Trinajstić information content (AvgIpc) is 3.31. The highest BCUT2D eigenvalue weighted by atomic mass is 16.3. The zero-order valence-electron chi connectivity index (χ0n) is 16.3. The summed E-state index contributed by atoms with van der Waals surface area (Å²) in [6.45, 7) is 1.37. The number of aromatic nitrogens is 4. The molecule has 1 aliphatic carbocycles. The predicted octanol–water partition coefficient (Wildman–Crippen LogP) is 1.69. The fraction of sp³-hybridized carbons (Fsp3) is 0.429. The Hall–Kier alpha value is -3.00. The normalized spacial score (nSPS) is 26.5. The topological polar surface area (TPSA) is 96.2 Å². The van der Waals surface area contributed by atoms with Gasteiger partial charge < -0.3 is 19.9 Å². The van der Waals surface area contributed by atoms with Gasteiger partial charge in [-0.1, -0.05) is 0 Å². The maximum absolute atomic E-state index is 13.1. The van der Waals surface area contributed by atoms with Gasteiger partial charge in [0.15, 0.2) is 0 Å². The highest BCUT2D eigenvalue weighted by Gasteiger charge is 2.43. The van der Waals surface area contributed by atoms with E-state index in [1.807, 2.05) is 34.8 Å². The second kappa shape index (κ2) is 7.11. The van der Waals surface area contributed by atoms with Gasteiger partial charge in [-0.05, 0) is 42.9 Å². The van der Waals surface area contributed by atoms with E-state index in [1.54, 1.807) is 24.7 Å². The van der Waals surface area contributed by atoms with E-state index in [0.29, 0.717) is 42.9 Å². The van der Waals surface area contributed by atoms with Crippen LogP contribution in [0, 0.1) is 11.8 Å². The molecule has 4 heterocycles. The first-order chi connectivity index (χ1) is 14.1. The zero-order chi connectivity index (χ0) is 20.0. The van der Waals surface area contributed by atoms with Crippen LogP contribution in [0.4, 0.5) is 5.82 Å². The summed E-state index contributed by atoms with van der Waals surface area (Å²) >= 11 is 0. The third kappa shape index (κ3) is 3.33. The number of aliphatic hydroxyl groups excluding tert-OH is 1. The standard InChI is InChI=1S/C21H24N6O2/c1-26-7-4-13-2-3-16(25-20(13)26)21(29)27-11-14-8-17(18(28)9-15(14)12-27)24-19-10-22-5-6-23-19/h2-7,10,14-15,17-18,28H,8-9,11-12H2,1H3,(H,23,24)/t14-,15+,17-,18-/m1/s1. The minimum absolute atomic E-state index is 0.0320. The average molecular weight is 392 g/mol. The number of aliphatic hydroxyl groups is 1. The number of carbonyl (C=O) groups is 1. The van der Waals surface area contributed by atoms with E-state index in [4.69, 9.17) is 0 Å². The minimum Gasteiger partial charge on any atom is -0.391 e. The van der Waals surface area contributed by atoms with Crippen LogP contribution in [-0.4, -0.2) is 60.7 Å². The molecular formula is C21H24N6O2. The lowest BCUT2D eigenvalue weighted by molar-refractivity contribution is 0.0726. The molecule has 0 aromatic carbocycles. The quantitative estimate of drug-likeness (QED) is 0.704. The van der Waals surface area contributed by atoms with Crippen molar-refractivity contribution in [3.8, 4) is 0 Å². The molecule has 1 amide bonds. The van der Waals surface area contributed by atoms with E-state index in [9.17, 15) is 9.90 Å². The van der Waals surface area contributed by atoms with E-state index < -0.39 is 6.10 Å². The number of hydrogen-bond donors (Lipinski definition) is 2. The number of carbonyl (C=O) groups excluding carboxylic acids is 1. The molecule has 1 aliphatic heterocycles. The van der Waals surface area contributed by atoms with Crippen molar-refractivity contribution in [1.29, 1.82) is 0 Å². The molecule has 0 spiro atoms. The largest absolute Gasteiger partial charge is 0.391 e. The number of pyridine rings is 1. The van der Waals surface area contributed by atoms with Gasteiger partial charge in [0.1, 0.15) is 17.2 Å². The van der Waals surface area contributed by atoms with E-state index in [2.05, 4.69) is 20.3 Å². The predicted molar refractivity (Wildman–Crippen MR) is 108 cm³/mol. The van der Waals surface area contributed by atoms with Gasteiger partial charge in [0.05, 0.1) is 18.3 Å². The van der Waals surface area contributed by atoms with Crippen LogP contribution >= 0.6 is 0 Å². The molecule has 2 fully saturated rings. The molecule has 5 rings (SSSR count). The summed E-state index contributed by atoms with van der Waals surface area (Å²) in [6, 6.07) is 5.66. The molecule has 1 saturated carbocycles. The van der Waals surface area contributed by atoms with E-state index in [1.165, 1.54) is 0 Å². The van der Waals surface area contributed by atoms with Gasteiger partial charge in [0.25, 0.3) is 5.91 Å². The second-order valence-corrected chi connectivity index (χ2v) is 8.15. The molecule has 0 radical (unpaired) electrons. The highest BCUT2D eigenvalue weighted by molar-refractivity contribution is 5.94. The number of nitrogens with one attached hydrogen (secondary N) is 1. The summed E-state index contributed by atoms with van der Waals surface area (Å²) in [5.41, 5.74) is 1.30.